The maximum absolute atomic E-state index is 2.44. The quantitative estimate of drug-likeness (QED) is 0.283. The van der Waals surface area contributed by atoms with E-state index >= 15 is 0 Å². The molecule has 0 N–H and O–H groups in total. The molecule has 0 aliphatic heterocycles. The van der Waals surface area contributed by atoms with Gasteiger partial charge in [0.2, 0.25) is 0 Å². The van der Waals surface area contributed by atoms with Gasteiger partial charge in [-0.3, -0.25) is 0 Å². The van der Waals surface area contributed by atoms with Crippen molar-refractivity contribution in [2.75, 3.05) is 4.90 Å². The smallest absolute Gasteiger partial charge is 0.0536 e. The van der Waals surface area contributed by atoms with E-state index in [1.165, 1.54) is 50.1 Å². The summed E-state index contributed by atoms with van der Waals surface area (Å²) in [7, 11) is 0. The van der Waals surface area contributed by atoms with Crippen LogP contribution >= 0.6 is 0 Å². The lowest BCUT2D eigenvalue weighted by Crippen LogP contribution is -2.17. The maximum atomic E-state index is 2.44. The van der Waals surface area contributed by atoms with Crippen LogP contribution in [0.25, 0.3) is 16.3 Å². The Bertz CT molecular complexity index is 1490. The van der Waals surface area contributed by atoms with Gasteiger partial charge in [-0.25, -0.2) is 0 Å². The number of aryl methyl sites for hydroxylation is 1. The Morgan fingerprint density at radius 2 is 1.61 bits per heavy atom. The molecule has 36 heavy (non-hydrogen) atoms. The molecule has 0 aromatic heterocycles. The van der Waals surface area contributed by atoms with E-state index in [0.29, 0.717) is 5.92 Å². The van der Waals surface area contributed by atoms with E-state index in [1.54, 1.807) is 0 Å². The van der Waals surface area contributed by atoms with E-state index in [-0.39, 0.29) is 0 Å². The SMILES string of the molecule is Cc1ccc(C2C=CC(c3ccc(N(C4=CC=CCC4)c4cccc5ccccc45)cc3)=CC2)cc1. The fourth-order valence-corrected chi connectivity index (χ4v) is 5.34. The minimum absolute atomic E-state index is 0.460. The molecule has 4 aromatic rings. The van der Waals surface area contributed by atoms with Gasteiger partial charge in [0.1, 0.15) is 0 Å². The molecular weight excluding hydrogens is 434 g/mol. The molecule has 0 saturated carbocycles. The van der Waals surface area contributed by atoms with Gasteiger partial charge < -0.3 is 4.90 Å². The van der Waals surface area contributed by atoms with Crippen molar-refractivity contribution in [1.29, 1.82) is 0 Å². The first-order valence-corrected chi connectivity index (χ1v) is 13.0. The van der Waals surface area contributed by atoms with Crippen molar-refractivity contribution in [3.8, 4) is 0 Å². The summed E-state index contributed by atoms with van der Waals surface area (Å²) in [5.74, 6) is 0.460. The van der Waals surface area contributed by atoms with Crippen molar-refractivity contribution in [3.05, 3.63) is 150 Å². The summed E-state index contributed by atoms with van der Waals surface area (Å²) in [4.78, 5) is 2.44. The number of hydrogen-bond donors (Lipinski definition) is 0. The molecule has 0 spiro atoms. The van der Waals surface area contributed by atoms with Crippen molar-refractivity contribution in [1.82, 2.24) is 0 Å². The molecule has 1 atom stereocenters. The van der Waals surface area contributed by atoms with E-state index in [4.69, 9.17) is 0 Å². The number of rotatable bonds is 5. The van der Waals surface area contributed by atoms with E-state index in [0.717, 1.165) is 19.3 Å². The third kappa shape index (κ3) is 4.45. The summed E-state index contributed by atoms with van der Waals surface area (Å²) in [6.45, 7) is 2.14. The van der Waals surface area contributed by atoms with Crippen LogP contribution in [0.15, 0.2) is 133 Å². The van der Waals surface area contributed by atoms with E-state index in [9.17, 15) is 0 Å². The van der Waals surface area contributed by atoms with Gasteiger partial charge in [0.15, 0.2) is 0 Å². The Hall–Kier alpha value is -4.10. The summed E-state index contributed by atoms with van der Waals surface area (Å²) < 4.78 is 0. The summed E-state index contributed by atoms with van der Waals surface area (Å²) in [6.07, 6.45) is 16.9. The minimum atomic E-state index is 0.460. The van der Waals surface area contributed by atoms with Crippen molar-refractivity contribution in [2.45, 2.75) is 32.1 Å². The van der Waals surface area contributed by atoms with Crippen molar-refractivity contribution in [2.24, 2.45) is 0 Å². The molecule has 0 bridgehead atoms. The van der Waals surface area contributed by atoms with Crippen molar-refractivity contribution < 1.29 is 0 Å². The van der Waals surface area contributed by atoms with Gasteiger partial charge in [-0.2, -0.15) is 0 Å². The Labute approximate surface area is 214 Å². The number of allylic oxidation sites excluding steroid dienone is 8. The Balaban J connectivity index is 1.31. The second-order valence-corrected chi connectivity index (χ2v) is 9.78. The van der Waals surface area contributed by atoms with Crippen LogP contribution in [0.3, 0.4) is 0 Å². The first kappa shape index (κ1) is 22.4. The Kier molecular flexibility index (Phi) is 6.13. The highest BCUT2D eigenvalue weighted by molar-refractivity contribution is 5.97. The molecule has 6 rings (SSSR count). The lowest BCUT2D eigenvalue weighted by molar-refractivity contribution is 0.856. The van der Waals surface area contributed by atoms with E-state index < -0.39 is 0 Å². The van der Waals surface area contributed by atoms with E-state index in [1.807, 2.05) is 0 Å². The van der Waals surface area contributed by atoms with Crippen LogP contribution < -0.4 is 4.90 Å². The molecule has 0 saturated heterocycles. The van der Waals surface area contributed by atoms with Crippen LogP contribution in [0.5, 0.6) is 0 Å². The zero-order valence-corrected chi connectivity index (χ0v) is 20.8. The lowest BCUT2D eigenvalue weighted by Gasteiger charge is -2.30. The molecule has 2 aliphatic rings. The minimum Gasteiger partial charge on any atom is -0.314 e. The lowest BCUT2D eigenvalue weighted by atomic mass is 9.88. The molecule has 0 fully saturated rings. The highest BCUT2D eigenvalue weighted by Crippen LogP contribution is 2.38. The average molecular weight is 466 g/mol. The molecule has 1 heteroatoms. The van der Waals surface area contributed by atoms with Crippen LogP contribution in [0, 0.1) is 6.92 Å². The first-order valence-electron chi connectivity index (χ1n) is 13.0. The molecule has 4 aromatic carbocycles. The normalized spacial score (nSPS) is 17.1. The zero-order valence-electron chi connectivity index (χ0n) is 20.8. The monoisotopic (exact) mass is 465 g/mol. The van der Waals surface area contributed by atoms with Gasteiger partial charge in [0.05, 0.1) is 5.69 Å². The van der Waals surface area contributed by atoms with Crippen LogP contribution in [-0.2, 0) is 0 Å². The third-order valence-electron chi connectivity index (χ3n) is 7.35. The second-order valence-electron chi connectivity index (χ2n) is 9.78. The van der Waals surface area contributed by atoms with Gasteiger partial charge >= 0.3 is 0 Å². The Morgan fingerprint density at radius 3 is 2.36 bits per heavy atom. The Morgan fingerprint density at radius 1 is 0.806 bits per heavy atom. The average Bonchev–Trinajstić information content (AvgIpc) is 2.95. The van der Waals surface area contributed by atoms with Crippen LogP contribution in [-0.4, -0.2) is 0 Å². The fourth-order valence-electron chi connectivity index (χ4n) is 5.34. The molecule has 0 radical (unpaired) electrons. The van der Waals surface area contributed by atoms with E-state index in [2.05, 4.69) is 139 Å². The number of benzene rings is 4. The second kappa shape index (κ2) is 9.87. The maximum Gasteiger partial charge on any atom is 0.0536 e. The number of anilines is 2. The van der Waals surface area contributed by atoms with Crippen molar-refractivity contribution in [3.63, 3.8) is 0 Å². The molecule has 1 nitrogen and oxygen atoms in total. The van der Waals surface area contributed by atoms with Crippen molar-refractivity contribution >= 4 is 27.7 Å². The van der Waals surface area contributed by atoms with Gasteiger partial charge in [-0.15, -0.1) is 0 Å². The molecule has 1 unspecified atom stereocenters. The van der Waals surface area contributed by atoms with Gasteiger partial charge in [-0.05, 0) is 72.5 Å². The first-order chi connectivity index (χ1) is 17.8. The zero-order chi connectivity index (χ0) is 24.3. The predicted octanol–water partition coefficient (Wildman–Crippen LogP) is 9.65. The highest BCUT2D eigenvalue weighted by Gasteiger charge is 2.18. The molecule has 2 aliphatic carbocycles. The van der Waals surface area contributed by atoms with Crippen LogP contribution in [0.4, 0.5) is 11.4 Å². The molecule has 176 valence electrons. The van der Waals surface area contributed by atoms with Crippen LogP contribution in [0.1, 0.15) is 41.9 Å². The molecule has 0 heterocycles. The highest BCUT2D eigenvalue weighted by atomic mass is 15.1. The summed E-state index contributed by atoms with van der Waals surface area (Å²) in [5.41, 5.74) is 9.05. The number of fused-ring (bicyclic) bond motifs is 1. The third-order valence-corrected chi connectivity index (χ3v) is 7.35. The van der Waals surface area contributed by atoms with Crippen LogP contribution in [0.2, 0.25) is 0 Å². The largest absolute Gasteiger partial charge is 0.314 e. The van der Waals surface area contributed by atoms with Gasteiger partial charge in [0.25, 0.3) is 0 Å². The molecule has 0 amide bonds. The predicted molar refractivity (Wildman–Crippen MR) is 155 cm³/mol. The number of nitrogens with zero attached hydrogens (tertiary/aromatic N) is 1. The number of hydrogen-bond acceptors (Lipinski definition) is 1. The topological polar surface area (TPSA) is 3.24 Å². The molecular formula is C35H31N. The summed E-state index contributed by atoms with van der Waals surface area (Å²) >= 11 is 0. The summed E-state index contributed by atoms with van der Waals surface area (Å²) in [5, 5.41) is 2.55. The van der Waals surface area contributed by atoms with Gasteiger partial charge in [-0.1, -0.05) is 109 Å². The standard InChI is InChI=1S/C35H31N/c1-26-14-16-27(17-15-26)28-18-20-29(21-19-28)30-22-24-33(25-23-30)36(32-10-3-2-4-11-32)35-13-7-9-31-8-5-6-12-34(31)35/h2-3,5-10,12-18,20-25,28H,4,11,19H2,1H3. The van der Waals surface area contributed by atoms with Gasteiger partial charge in [0, 0.05) is 22.7 Å². The summed E-state index contributed by atoms with van der Waals surface area (Å²) in [6, 6.07) is 33.3. The fraction of sp³-hybridized carbons (Fsp3) is 0.143.